The third kappa shape index (κ3) is 4.23. The second-order valence-corrected chi connectivity index (χ2v) is 5.55. The third-order valence-electron chi connectivity index (χ3n) is 3.34. The molecule has 0 atom stereocenters. The fraction of sp³-hybridized carbons (Fsp3) is 0.400. The third-order valence-corrected chi connectivity index (χ3v) is 3.92. The van der Waals surface area contributed by atoms with Crippen molar-refractivity contribution in [1.29, 1.82) is 5.26 Å². The van der Waals surface area contributed by atoms with Crippen molar-refractivity contribution in [2.24, 2.45) is 4.99 Å². The van der Waals surface area contributed by atoms with Gasteiger partial charge in [-0.1, -0.05) is 11.8 Å². The van der Waals surface area contributed by atoms with Crippen LogP contribution in [0.15, 0.2) is 29.3 Å². The molecule has 0 aliphatic carbocycles. The number of likely N-dealkylation sites (tertiary alicyclic amines) is 1. The number of nitriles is 1. The Morgan fingerprint density at radius 2 is 1.95 bits per heavy atom. The van der Waals surface area contributed by atoms with Gasteiger partial charge in [0.1, 0.15) is 0 Å². The first-order chi connectivity index (χ1) is 10.2. The molecule has 1 aromatic carbocycles. The number of thioether (sulfide) groups is 1. The van der Waals surface area contributed by atoms with Crippen molar-refractivity contribution < 1.29 is 4.79 Å². The van der Waals surface area contributed by atoms with Crippen LogP contribution in [0, 0.1) is 11.5 Å². The van der Waals surface area contributed by atoms with E-state index in [1.807, 2.05) is 17.3 Å². The normalized spacial score (nSPS) is 15.4. The highest BCUT2D eigenvalue weighted by atomic mass is 32.2. The molecule has 21 heavy (non-hydrogen) atoms. The number of benzene rings is 1. The van der Waals surface area contributed by atoms with Crippen LogP contribution in [0.25, 0.3) is 0 Å². The fourth-order valence-electron chi connectivity index (χ4n) is 2.25. The van der Waals surface area contributed by atoms with Gasteiger partial charge in [0.2, 0.25) is 0 Å². The quantitative estimate of drug-likeness (QED) is 0.395. The van der Waals surface area contributed by atoms with Crippen molar-refractivity contribution in [3.63, 3.8) is 0 Å². The standard InChI is InChI=1S/C15H18N4OS/c1-21-15(17-11-16)18-13-7-5-12(6-8-13)14(20)19-9-3-2-4-10-19/h5-8H,2-4,9-10H2,1H3,(H,17,18). The summed E-state index contributed by atoms with van der Waals surface area (Å²) in [6.45, 7) is 1.70. The molecular formula is C15H18N4OS. The van der Waals surface area contributed by atoms with Crippen molar-refractivity contribution in [2.45, 2.75) is 19.3 Å². The SMILES string of the molecule is CSC(=Nc1ccc(C(=O)N2CCCCC2)cc1)NC#N. The molecule has 1 N–H and O–H groups in total. The number of carbonyl (C=O) groups is 1. The van der Waals surface area contributed by atoms with Gasteiger partial charge in [-0.15, -0.1) is 0 Å². The van der Waals surface area contributed by atoms with Crippen LogP contribution in [0.1, 0.15) is 29.6 Å². The number of aliphatic imine (C=N–C) groups is 1. The van der Waals surface area contributed by atoms with Gasteiger partial charge in [0.15, 0.2) is 11.4 Å². The number of piperidine rings is 1. The first kappa shape index (κ1) is 15.4. The molecule has 0 spiro atoms. The molecule has 0 bridgehead atoms. The summed E-state index contributed by atoms with van der Waals surface area (Å²) in [6.07, 6.45) is 7.08. The van der Waals surface area contributed by atoms with E-state index in [4.69, 9.17) is 5.26 Å². The zero-order chi connectivity index (χ0) is 15.1. The zero-order valence-electron chi connectivity index (χ0n) is 12.0. The molecule has 5 nitrogen and oxygen atoms in total. The number of amidine groups is 1. The molecule has 0 radical (unpaired) electrons. The number of carbonyl (C=O) groups excluding carboxylic acids is 1. The lowest BCUT2D eigenvalue weighted by Crippen LogP contribution is -2.35. The van der Waals surface area contributed by atoms with E-state index in [0.717, 1.165) is 31.6 Å². The second kappa shape index (κ2) is 7.70. The van der Waals surface area contributed by atoms with Crippen LogP contribution < -0.4 is 5.32 Å². The van der Waals surface area contributed by atoms with Crippen LogP contribution in [0.3, 0.4) is 0 Å². The maximum absolute atomic E-state index is 12.3. The summed E-state index contributed by atoms with van der Waals surface area (Å²) in [7, 11) is 0. The molecule has 110 valence electrons. The van der Waals surface area contributed by atoms with Crippen molar-refractivity contribution in [1.82, 2.24) is 10.2 Å². The average molecular weight is 302 g/mol. The highest BCUT2D eigenvalue weighted by Gasteiger charge is 2.17. The smallest absolute Gasteiger partial charge is 0.253 e. The van der Waals surface area contributed by atoms with Gasteiger partial charge in [-0.05, 0) is 49.8 Å². The summed E-state index contributed by atoms with van der Waals surface area (Å²) in [5, 5.41) is 11.6. The van der Waals surface area contributed by atoms with Crippen LogP contribution in [-0.2, 0) is 0 Å². The van der Waals surface area contributed by atoms with Gasteiger partial charge < -0.3 is 4.90 Å². The molecule has 2 rings (SSSR count). The minimum absolute atomic E-state index is 0.0884. The summed E-state index contributed by atoms with van der Waals surface area (Å²) < 4.78 is 0. The molecule has 0 saturated carbocycles. The van der Waals surface area contributed by atoms with Gasteiger partial charge in [0, 0.05) is 18.7 Å². The van der Waals surface area contributed by atoms with Gasteiger partial charge in [0.25, 0.3) is 5.91 Å². The average Bonchev–Trinajstić information content (AvgIpc) is 2.55. The van der Waals surface area contributed by atoms with E-state index < -0.39 is 0 Å². The predicted molar refractivity (Wildman–Crippen MR) is 85.6 cm³/mol. The van der Waals surface area contributed by atoms with Crippen molar-refractivity contribution in [2.75, 3.05) is 19.3 Å². The summed E-state index contributed by atoms with van der Waals surface area (Å²) >= 11 is 1.36. The Morgan fingerprint density at radius 1 is 1.29 bits per heavy atom. The molecule has 1 heterocycles. The second-order valence-electron chi connectivity index (χ2n) is 4.76. The van der Waals surface area contributed by atoms with E-state index in [-0.39, 0.29) is 5.91 Å². The van der Waals surface area contributed by atoms with Gasteiger partial charge in [0.05, 0.1) is 5.69 Å². The van der Waals surface area contributed by atoms with E-state index in [0.29, 0.717) is 10.7 Å². The first-order valence-corrected chi connectivity index (χ1v) is 8.14. The fourth-order valence-corrected chi connectivity index (χ4v) is 2.59. The molecule has 1 amide bonds. The Kier molecular flexibility index (Phi) is 5.64. The molecule has 1 saturated heterocycles. The molecule has 1 aromatic rings. The molecule has 6 heteroatoms. The molecule has 0 unspecified atom stereocenters. The first-order valence-electron chi connectivity index (χ1n) is 6.91. The van der Waals surface area contributed by atoms with Crippen LogP contribution >= 0.6 is 11.8 Å². The van der Waals surface area contributed by atoms with E-state index in [1.54, 1.807) is 24.3 Å². The molecule has 1 aliphatic heterocycles. The molecule has 0 aromatic heterocycles. The minimum Gasteiger partial charge on any atom is -0.339 e. The van der Waals surface area contributed by atoms with Crippen LogP contribution in [0.5, 0.6) is 0 Å². The Hall–Kier alpha value is -2.00. The summed E-state index contributed by atoms with van der Waals surface area (Å²) in [4.78, 5) is 18.5. The lowest BCUT2D eigenvalue weighted by atomic mass is 10.1. The Balaban J connectivity index is 2.08. The van der Waals surface area contributed by atoms with Crippen molar-refractivity contribution in [3.8, 4) is 6.19 Å². The highest BCUT2D eigenvalue weighted by Crippen LogP contribution is 2.18. The highest BCUT2D eigenvalue weighted by molar-refractivity contribution is 8.13. The van der Waals surface area contributed by atoms with Crippen molar-refractivity contribution in [3.05, 3.63) is 29.8 Å². The van der Waals surface area contributed by atoms with Crippen LogP contribution in [0.4, 0.5) is 5.69 Å². The number of nitrogens with zero attached hydrogens (tertiary/aromatic N) is 3. The number of amides is 1. The van der Waals surface area contributed by atoms with Crippen LogP contribution in [0.2, 0.25) is 0 Å². The number of hydrogen-bond acceptors (Lipinski definition) is 4. The maximum atomic E-state index is 12.3. The van der Waals surface area contributed by atoms with Gasteiger partial charge in [-0.25, -0.2) is 4.99 Å². The zero-order valence-corrected chi connectivity index (χ0v) is 12.8. The summed E-state index contributed by atoms with van der Waals surface area (Å²) in [5.74, 6) is 0.0884. The van der Waals surface area contributed by atoms with Gasteiger partial charge in [-0.2, -0.15) is 5.26 Å². The lowest BCUT2D eigenvalue weighted by molar-refractivity contribution is 0.0724. The van der Waals surface area contributed by atoms with Crippen LogP contribution in [-0.4, -0.2) is 35.3 Å². The van der Waals surface area contributed by atoms with Crippen molar-refractivity contribution >= 4 is 28.5 Å². The molecular weight excluding hydrogens is 284 g/mol. The maximum Gasteiger partial charge on any atom is 0.253 e. The molecule has 1 fully saturated rings. The summed E-state index contributed by atoms with van der Waals surface area (Å²) in [5.41, 5.74) is 1.41. The van der Waals surface area contributed by atoms with Gasteiger partial charge in [-0.3, -0.25) is 10.1 Å². The number of hydrogen-bond donors (Lipinski definition) is 1. The van der Waals surface area contributed by atoms with E-state index >= 15 is 0 Å². The Labute approximate surface area is 129 Å². The van der Waals surface area contributed by atoms with Gasteiger partial charge >= 0.3 is 0 Å². The predicted octanol–water partition coefficient (Wildman–Crippen LogP) is 2.73. The number of rotatable bonds is 2. The van der Waals surface area contributed by atoms with E-state index in [1.165, 1.54) is 18.2 Å². The minimum atomic E-state index is 0.0884. The molecule has 1 aliphatic rings. The van der Waals surface area contributed by atoms with E-state index in [2.05, 4.69) is 10.3 Å². The Morgan fingerprint density at radius 3 is 2.52 bits per heavy atom. The monoisotopic (exact) mass is 302 g/mol. The summed E-state index contributed by atoms with van der Waals surface area (Å²) in [6, 6.07) is 7.18. The topological polar surface area (TPSA) is 68.5 Å². The lowest BCUT2D eigenvalue weighted by Gasteiger charge is -2.26. The largest absolute Gasteiger partial charge is 0.339 e. The number of nitrogens with one attached hydrogen (secondary N) is 1. The Bertz CT molecular complexity index is 556. The van der Waals surface area contributed by atoms with E-state index in [9.17, 15) is 4.79 Å².